The molecule has 8 nitrogen and oxygen atoms in total. The molecule has 2 aromatic heterocycles. The number of nitrogens with zero attached hydrogens (tertiary/aromatic N) is 5. The maximum Gasteiger partial charge on any atom is 0.242 e. The van der Waals surface area contributed by atoms with E-state index in [0.29, 0.717) is 25.3 Å². The van der Waals surface area contributed by atoms with Gasteiger partial charge in [0.1, 0.15) is 11.9 Å². The summed E-state index contributed by atoms with van der Waals surface area (Å²) in [6, 6.07) is 2.82. The number of aliphatic hydroxyl groups excluding tert-OH is 1. The molecule has 2 aromatic rings. The van der Waals surface area contributed by atoms with E-state index in [9.17, 15) is 9.90 Å². The maximum absolute atomic E-state index is 12.5. The molecule has 1 aliphatic heterocycles. The number of amides is 1. The third-order valence-corrected chi connectivity index (χ3v) is 4.50. The van der Waals surface area contributed by atoms with Crippen LogP contribution in [0, 0.1) is 0 Å². The zero-order valence-corrected chi connectivity index (χ0v) is 15.3. The topological polar surface area (TPSA) is 108 Å². The first kappa shape index (κ1) is 18.2. The van der Waals surface area contributed by atoms with Gasteiger partial charge in [0, 0.05) is 44.2 Å². The van der Waals surface area contributed by atoms with Crippen LogP contribution in [0.3, 0.4) is 0 Å². The van der Waals surface area contributed by atoms with Crippen molar-refractivity contribution in [2.24, 2.45) is 5.73 Å². The van der Waals surface area contributed by atoms with E-state index in [0.717, 1.165) is 22.6 Å². The number of pyridine rings is 1. The Morgan fingerprint density at radius 3 is 2.77 bits per heavy atom. The van der Waals surface area contributed by atoms with Crippen LogP contribution in [0.15, 0.2) is 24.5 Å². The normalized spacial score (nSPS) is 16.0. The molecule has 0 bridgehead atoms. The van der Waals surface area contributed by atoms with Gasteiger partial charge in [-0.2, -0.15) is 0 Å². The number of aliphatic hydroxyl groups is 1. The van der Waals surface area contributed by atoms with Crippen molar-refractivity contribution in [3.63, 3.8) is 0 Å². The van der Waals surface area contributed by atoms with Crippen molar-refractivity contribution >= 4 is 11.7 Å². The molecule has 0 spiro atoms. The zero-order valence-electron chi connectivity index (χ0n) is 15.3. The first-order valence-electron chi connectivity index (χ1n) is 8.58. The zero-order chi connectivity index (χ0) is 18.8. The van der Waals surface area contributed by atoms with Crippen LogP contribution < -0.4 is 10.6 Å². The quantitative estimate of drug-likeness (QED) is 0.805. The predicted octanol–water partition coefficient (Wildman–Crippen LogP) is 0.197. The van der Waals surface area contributed by atoms with E-state index in [1.807, 2.05) is 31.1 Å². The molecule has 3 heterocycles. The Hall–Kier alpha value is -2.58. The molecule has 26 heavy (non-hydrogen) atoms. The highest BCUT2D eigenvalue weighted by Gasteiger charge is 2.30. The Morgan fingerprint density at radius 1 is 1.38 bits per heavy atom. The van der Waals surface area contributed by atoms with Gasteiger partial charge in [-0.15, -0.1) is 0 Å². The fourth-order valence-electron chi connectivity index (χ4n) is 3.01. The number of hydrogen-bond acceptors (Lipinski definition) is 7. The summed E-state index contributed by atoms with van der Waals surface area (Å²) in [6.45, 7) is 2.40. The molecule has 0 fully saturated rings. The Labute approximate surface area is 152 Å². The van der Waals surface area contributed by atoms with Crippen LogP contribution in [0.2, 0.25) is 0 Å². The van der Waals surface area contributed by atoms with Crippen LogP contribution in [0.25, 0.3) is 11.4 Å². The molecule has 0 radical (unpaired) electrons. The van der Waals surface area contributed by atoms with E-state index in [1.165, 1.54) is 6.92 Å². The molecule has 1 aliphatic rings. The standard InChI is InChI=1S/C18H24N6O2/c1-11(25)15(19)18(26)24-8-6-13-14(10-24)21-16(22-17(13)23(2)3)12-5-4-7-20-9-12/h4-5,7,9,11,15,25H,6,8,10,19H2,1-3H3/t11-,15+/m1/s1. The second-order valence-corrected chi connectivity index (χ2v) is 6.71. The van der Waals surface area contributed by atoms with Gasteiger partial charge in [-0.25, -0.2) is 9.97 Å². The van der Waals surface area contributed by atoms with Crippen molar-refractivity contribution in [2.45, 2.75) is 32.0 Å². The van der Waals surface area contributed by atoms with E-state index in [-0.39, 0.29) is 5.91 Å². The van der Waals surface area contributed by atoms with Gasteiger partial charge in [0.15, 0.2) is 5.82 Å². The minimum atomic E-state index is -0.926. The van der Waals surface area contributed by atoms with Gasteiger partial charge < -0.3 is 20.6 Å². The summed E-state index contributed by atoms with van der Waals surface area (Å²) in [5.74, 6) is 1.16. The Bertz CT molecular complexity index is 794. The van der Waals surface area contributed by atoms with Gasteiger partial charge >= 0.3 is 0 Å². The second kappa shape index (κ2) is 7.35. The number of nitrogens with two attached hydrogens (primary N) is 1. The number of rotatable bonds is 4. The number of aromatic nitrogens is 3. The van der Waals surface area contributed by atoms with Crippen molar-refractivity contribution in [3.05, 3.63) is 35.8 Å². The molecule has 8 heteroatoms. The number of anilines is 1. The summed E-state index contributed by atoms with van der Waals surface area (Å²) in [6.07, 6.45) is 3.18. The Balaban J connectivity index is 1.98. The average Bonchev–Trinajstić information content (AvgIpc) is 2.65. The van der Waals surface area contributed by atoms with Crippen molar-refractivity contribution in [1.29, 1.82) is 0 Å². The van der Waals surface area contributed by atoms with Gasteiger partial charge in [0.05, 0.1) is 18.3 Å². The summed E-state index contributed by atoms with van der Waals surface area (Å²) in [4.78, 5) is 29.6. The van der Waals surface area contributed by atoms with E-state index in [1.54, 1.807) is 17.3 Å². The molecule has 1 amide bonds. The van der Waals surface area contributed by atoms with Gasteiger partial charge in [0.25, 0.3) is 0 Å². The third kappa shape index (κ3) is 3.51. The monoisotopic (exact) mass is 356 g/mol. The van der Waals surface area contributed by atoms with Crippen LogP contribution in [0.5, 0.6) is 0 Å². The lowest BCUT2D eigenvalue weighted by atomic mass is 10.0. The molecule has 3 rings (SSSR count). The summed E-state index contributed by atoms with van der Waals surface area (Å²) < 4.78 is 0. The van der Waals surface area contributed by atoms with Crippen molar-refractivity contribution in [1.82, 2.24) is 19.9 Å². The highest BCUT2D eigenvalue weighted by molar-refractivity contribution is 5.82. The Morgan fingerprint density at radius 2 is 2.15 bits per heavy atom. The number of carbonyl (C=O) groups is 1. The smallest absolute Gasteiger partial charge is 0.242 e. The van der Waals surface area contributed by atoms with Gasteiger partial charge in [-0.05, 0) is 25.5 Å². The second-order valence-electron chi connectivity index (χ2n) is 6.71. The largest absolute Gasteiger partial charge is 0.391 e. The minimum absolute atomic E-state index is 0.265. The molecule has 3 N–H and O–H groups in total. The lowest BCUT2D eigenvalue weighted by Gasteiger charge is -2.32. The first-order valence-corrected chi connectivity index (χ1v) is 8.58. The number of hydrogen-bond donors (Lipinski definition) is 2. The fraction of sp³-hybridized carbons (Fsp3) is 0.444. The molecule has 0 aromatic carbocycles. The molecule has 0 saturated heterocycles. The molecule has 138 valence electrons. The molecule has 0 aliphatic carbocycles. The van der Waals surface area contributed by atoms with Crippen LogP contribution in [-0.4, -0.2) is 63.7 Å². The Kier molecular flexibility index (Phi) is 5.15. The van der Waals surface area contributed by atoms with Crippen molar-refractivity contribution < 1.29 is 9.90 Å². The van der Waals surface area contributed by atoms with Gasteiger partial charge in [-0.1, -0.05) is 0 Å². The first-order chi connectivity index (χ1) is 12.4. The summed E-state index contributed by atoms with van der Waals surface area (Å²) in [7, 11) is 3.88. The van der Waals surface area contributed by atoms with E-state index < -0.39 is 12.1 Å². The molecule has 2 atom stereocenters. The predicted molar refractivity (Wildman–Crippen MR) is 98.4 cm³/mol. The van der Waals surface area contributed by atoms with Crippen molar-refractivity contribution in [2.75, 3.05) is 25.5 Å². The fourth-order valence-corrected chi connectivity index (χ4v) is 3.01. The molecule has 0 unspecified atom stereocenters. The summed E-state index contributed by atoms with van der Waals surface area (Å²) >= 11 is 0. The third-order valence-electron chi connectivity index (χ3n) is 4.50. The summed E-state index contributed by atoms with van der Waals surface area (Å²) in [5.41, 5.74) is 8.49. The highest BCUT2D eigenvalue weighted by Crippen LogP contribution is 2.28. The SMILES string of the molecule is C[C@@H](O)[C@H](N)C(=O)N1CCc2c(nc(-c3cccnc3)nc2N(C)C)C1. The lowest BCUT2D eigenvalue weighted by molar-refractivity contribution is -0.135. The van der Waals surface area contributed by atoms with Crippen molar-refractivity contribution in [3.8, 4) is 11.4 Å². The van der Waals surface area contributed by atoms with Gasteiger partial charge in [-0.3, -0.25) is 9.78 Å². The summed E-state index contributed by atoms with van der Waals surface area (Å²) in [5, 5.41) is 9.62. The van der Waals surface area contributed by atoms with Crippen LogP contribution in [-0.2, 0) is 17.8 Å². The van der Waals surface area contributed by atoms with E-state index >= 15 is 0 Å². The van der Waals surface area contributed by atoms with E-state index in [2.05, 4.69) is 9.97 Å². The number of carbonyl (C=O) groups excluding carboxylic acids is 1. The molecule has 0 saturated carbocycles. The van der Waals surface area contributed by atoms with Crippen LogP contribution >= 0.6 is 0 Å². The lowest BCUT2D eigenvalue weighted by Crippen LogP contribution is -2.50. The highest BCUT2D eigenvalue weighted by atomic mass is 16.3. The van der Waals surface area contributed by atoms with Gasteiger partial charge in [0.2, 0.25) is 5.91 Å². The van der Waals surface area contributed by atoms with E-state index in [4.69, 9.17) is 10.7 Å². The molecular formula is C18H24N6O2. The van der Waals surface area contributed by atoms with Crippen LogP contribution in [0.1, 0.15) is 18.2 Å². The average molecular weight is 356 g/mol. The van der Waals surface area contributed by atoms with Crippen LogP contribution in [0.4, 0.5) is 5.82 Å². The minimum Gasteiger partial charge on any atom is -0.391 e. The maximum atomic E-state index is 12.5. The molecular weight excluding hydrogens is 332 g/mol. The number of fused-ring (bicyclic) bond motifs is 1.